The predicted octanol–water partition coefficient (Wildman–Crippen LogP) is 4.47. The normalized spacial score (nSPS) is 12.0. The van der Waals surface area contributed by atoms with Crippen LogP contribution in [-0.4, -0.2) is 21.0 Å². The highest BCUT2D eigenvalue weighted by atomic mass is 28.3. The third-order valence-corrected chi connectivity index (χ3v) is 6.06. The first-order valence-corrected chi connectivity index (χ1v) is 10.9. The van der Waals surface area contributed by atoms with E-state index in [1.54, 1.807) is 6.92 Å². The maximum Gasteiger partial charge on any atom is 0.364 e. The maximum absolute atomic E-state index is 12.1. The van der Waals surface area contributed by atoms with E-state index in [-0.39, 0.29) is 5.73 Å². The van der Waals surface area contributed by atoms with Crippen LogP contribution in [0.5, 0.6) is 0 Å². The third kappa shape index (κ3) is 7.51. The average molecular weight is 385 g/mol. The Balaban J connectivity index is 2.08. The minimum Gasteiger partial charge on any atom is -0.457 e. The van der Waals surface area contributed by atoms with Gasteiger partial charge in [-0.1, -0.05) is 80.6 Å². The largest absolute Gasteiger partial charge is 0.457 e. The Hall–Kier alpha value is -2.21. The molecule has 0 bridgehead atoms. The molecule has 27 heavy (non-hydrogen) atoms. The van der Waals surface area contributed by atoms with Gasteiger partial charge >= 0.3 is 15.3 Å². The Kier molecular flexibility index (Phi) is 8.98. The highest BCUT2D eigenvalue weighted by Gasteiger charge is 2.30. The standard InChI is InChI=1S/C22H28O4Si/c1-4-11-21(26-22(23)18(2)3)27(24-16-19-12-7-5-8-13-19)25-17-20-14-9-6-10-15-20/h5-10,12-15,21,27H,2,4,11,16-17H2,1,3H3. The lowest BCUT2D eigenvalue weighted by Gasteiger charge is -2.25. The fraction of sp³-hybridized carbons (Fsp3) is 0.318. The summed E-state index contributed by atoms with van der Waals surface area (Å²) in [6.07, 6.45) is 1.58. The Morgan fingerprint density at radius 3 is 1.85 bits per heavy atom. The number of rotatable bonds is 11. The third-order valence-electron chi connectivity index (χ3n) is 4.00. The fourth-order valence-corrected chi connectivity index (χ4v) is 4.62. The van der Waals surface area contributed by atoms with E-state index >= 15 is 0 Å². The molecule has 2 aromatic carbocycles. The van der Waals surface area contributed by atoms with Crippen molar-refractivity contribution in [3.05, 3.63) is 83.9 Å². The van der Waals surface area contributed by atoms with Gasteiger partial charge in [0.15, 0.2) is 0 Å². The second-order valence-electron chi connectivity index (χ2n) is 6.47. The summed E-state index contributed by atoms with van der Waals surface area (Å²) in [6, 6.07) is 19.9. The van der Waals surface area contributed by atoms with E-state index in [2.05, 4.69) is 13.5 Å². The van der Waals surface area contributed by atoms with Crippen molar-refractivity contribution in [1.29, 1.82) is 0 Å². The van der Waals surface area contributed by atoms with Crippen LogP contribution in [-0.2, 0) is 31.6 Å². The summed E-state index contributed by atoms with van der Waals surface area (Å²) in [5.41, 5.74) is 2.17. The molecule has 0 aliphatic carbocycles. The van der Waals surface area contributed by atoms with Crippen LogP contribution < -0.4 is 0 Å². The molecule has 0 spiro atoms. The van der Waals surface area contributed by atoms with Crippen LogP contribution in [0.3, 0.4) is 0 Å². The van der Waals surface area contributed by atoms with E-state index in [1.807, 2.05) is 60.7 Å². The predicted molar refractivity (Wildman–Crippen MR) is 109 cm³/mol. The van der Waals surface area contributed by atoms with Crippen LogP contribution in [0.1, 0.15) is 37.8 Å². The minimum absolute atomic E-state index is 0.355. The molecule has 2 aromatic rings. The summed E-state index contributed by atoms with van der Waals surface area (Å²) < 4.78 is 18.0. The van der Waals surface area contributed by atoms with Crippen LogP contribution in [0.25, 0.3) is 0 Å². The van der Waals surface area contributed by atoms with Crippen molar-refractivity contribution in [3.63, 3.8) is 0 Å². The number of hydrogen-bond acceptors (Lipinski definition) is 4. The molecule has 5 heteroatoms. The molecule has 4 nitrogen and oxygen atoms in total. The van der Waals surface area contributed by atoms with E-state index in [0.29, 0.717) is 25.2 Å². The van der Waals surface area contributed by atoms with Crippen molar-refractivity contribution in [3.8, 4) is 0 Å². The SMILES string of the molecule is C=C(C)C(=O)OC(CCC)[SiH](OCc1ccccc1)OCc1ccccc1. The molecule has 2 rings (SSSR count). The highest BCUT2D eigenvalue weighted by Crippen LogP contribution is 2.15. The molecular formula is C22H28O4Si. The summed E-state index contributed by atoms with van der Waals surface area (Å²) in [5, 5.41) is 0. The van der Waals surface area contributed by atoms with Crippen molar-refractivity contribution in [2.75, 3.05) is 0 Å². The maximum atomic E-state index is 12.1. The number of ether oxygens (including phenoxy) is 1. The lowest BCUT2D eigenvalue weighted by Crippen LogP contribution is -2.40. The van der Waals surface area contributed by atoms with E-state index in [1.165, 1.54) is 0 Å². The molecule has 0 saturated carbocycles. The second-order valence-corrected chi connectivity index (χ2v) is 8.62. The first-order chi connectivity index (χ1) is 13.1. The Morgan fingerprint density at radius 1 is 0.963 bits per heavy atom. The molecule has 1 unspecified atom stereocenters. The van der Waals surface area contributed by atoms with Gasteiger partial charge in [-0.15, -0.1) is 0 Å². The molecule has 0 aliphatic rings. The van der Waals surface area contributed by atoms with Gasteiger partial charge in [0.2, 0.25) is 0 Å². The quantitative estimate of drug-likeness (QED) is 0.326. The number of benzene rings is 2. The summed E-state index contributed by atoms with van der Waals surface area (Å²) in [5.74, 6) is -0.391. The smallest absolute Gasteiger partial charge is 0.364 e. The molecule has 0 radical (unpaired) electrons. The van der Waals surface area contributed by atoms with E-state index < -0.39 is 15.3 Å². The van der Waals surface area contributed by atoms with Gasteiger partial charge in [0, 0.05) is 5.57 Å². The summed E-state index contributed by atoms with van der Waals surface area (Å²) in [7, 11) is -2.29. The van der Waals surface area contributed by atoms with Gasteiger partial charge < -0.3 is 13.6 Å². The fourth-order valence-electron chi connectivity index (χ4n) is 2.54. The Labute approximate surface area is 163 Å². The van der Waals surface area contributed by atoms with Gasteiger partial charge in [-0.25, -0.2) is 4.79 Å². The Morgan fingerprint density at radius 2 is 1.44 bits per heavy atom. The zero-order chi connectivity index (χ0) is 19.5. The van der Waals surface area contributed by atoms with Crippen LogP contribution in [0, 0.1) is 0 Å². The molecule has 0 N–H and O–H groups in total. The molecule has 0 fully saturated rings. The molecule has 0 amide bonds. The first-order valence-electron chi connectivity index (χ1n) is 9.27. The highest BCUT2D eigenvalue weighted by molar-refractivity contribution is 6.46. The van der Waals surface area contributed by atoms with Gasteiger partial charge in [-0.2, -0.15) is 0 Å². The number of hydrogen-bond donors (Lipinski definition) is 0. The molecule has 144 valence electrons. The molecule has 0 saturated heterocycles. The first kappa shape index (κ1) is 21.1. The van der Waals surface area contributed by atoms with Crippen molar-refractivity contribution in [2.24, 2.45) is 0 Å². The molecule has 0 aromatic heterocycles. The molecule has 0 aliphatic heterocycles. The molecular weight excluding hydrogens is 356 g/mol. The van der Waals surface area contributed by atoms with Crippen LogP contribution in [0.15, 0.2) is 72.8 Å². The lowest BCUT2D eigenvalue weighted by molar-refractivity contribution is -0.142. The van der Waals surface area contributed by atoms with Gasteiger partial charge in [0.1, 0.15) is 5.73 Å². The molecule has 0 heterocycles. The van der Waals surface area contributed by atoms with Crippen LogP contribution in [0.4, 0.5) is 0 Å². The van der Waals surface area contributed by atoms with Crippen molar-refractivity contribution >= 4 is 15.3 Å². The topological polar surface area (TPSA) is 44.8 Å². The minimum atomic E-state index is -2.29. The summed E-state index contributed by atoms with van der Waals surface area (Å²) in [4.78, 5) is 12.1. The van der Waals surface area contributed by atoms with E-state index in [0.717, 1.165) is 17.5 Å². The number of carbonyl (C=O) groups excluding carboxylic acids is 1. The zero-order valence-electron chi connectivity index (χ0n) is 16.1. The van der Waals surface area contributed by atoms with Crippen LogP contribution >= 0.6 is 0 Å². The molecule has 1 atom stereocenters. The van der Waals surface area contributed by atoms with Gasteiger partial charge in [-0.05, 0) is 24.5 Å². The van der Waals surface area contributed by atoms with Crippen molar-refractivity contribution in [1.82, 2.24) is 0 Å². The Bertz CT molecular complexity index is 659. The van der Waals surface area contributed by atoms with Crippen molar-refractivity contribution < 1.29 is 18.4 Å². The monoisotopic (exact) mass is 384 g/mol. The lowest BCUT2D eigenvalue weighted by atomic mass is 10.2. The van der Waals surface area contributed by atoms with E-state index in [9.17, 15) is 4.79 Å². The van der Waals surface area contributed by atoms with Gasteiger partial charge in [0.25, 0.3) is 0 Å². The summed E-state index contributed by atoms with van der Waals surface area (Å²) >= 11 is 0. The van der Waals surface area contributed by atoms with Crippen molar-refractivity contribution in [2.45, 2.75) is 45.6 Å². The van der Waals surface area contributed by atoms with Gasteiger partial charge in [0.05, 0.1) is 13.2 Å². The summed E-state index contributed by atoms with van der Waals surface area (Å²) in [6.45, 7) is 8.26. The zero-order valence-corrected chi connectivity index (χ0v) is 17.3. The van der Waals surface area contributed by atoms with Crippen LogP contribution in [0.2, 0.25) is 0 Å². The average Bonchev–Trinajstić information content (AvgIpc) is 2.69. The van der Waals surface area contributed by atoms with E-state index in [4.69, 9.17) is 13.6 Å². The van der Waals surface area contributed by atoms with Gasteiger partial charge in [-0.3, -0.25) is 0 Å². The number of carbonyl (C=O) groups is 1. The number of esters is 1. The second kappa shape index (κ2) is 11.5.